The summed E-state index contributed by atoms with van der Waals surface area (Å²) in [6, 6.07) is 21.4. The van der Waals surface area contributed by atoms with Crippen molar-refractivity contribution in [2.24, 2.45) is 0 Å². The Kier molecular flexibility index (Phi) is 5.99. The maximum Gasteiger partial charge on any atom is 0.343 e. The number of allylic oxidation sites excluding steroid dienone is 1. The molecule has 3 rings (SSSR count). The third kappa shape index (κ3) is 5.25. The molecule has 0 aromatic heterocycles. The smallest absolute Gasteiger partial charge is 0.343 e. The summed E-state index contributed by atoms with van der Waals surface area (Å²) in [5.74, 6) is -0.0222. The first-order valence-corrected chi connectivity index (χ1v) is 9.17. The molecule has 0 aliphatic carbocycles. The van der Waals surface area contributed by atoms with Crippen molar-refractivity contribution >= 4 is 33.8 Å². The number of hydrogen-bond acceptors (Lipinski definition) is 3. The normalized spacial score (nSPS) is 10.7. The van der Waals surface area contributed by atoms with E-state index in [4.69, 9.17) is 4.74 Å². The topological polar surface area (TPSA) is 43.4 Å². The van der Waals surface area contributed by atoms with Crippen molar-refractivity contribution in [3.8, 4) is 5.75 Å². The molecule has 0 heterocycles. The van der Waals surface area contributed by atoms with E-state index in [1.54, 1.807) is 54.6 Å². The van der Waals surface area contributed by atoms with Gasteiger partial charge in [-0.15, -0.1) is 0 Å². The fraction of sp³-hybridized carbons (Fsp3) is 0.0435. The van der Waals surface area contributed by atoms with E-state index in [0.29, 0.717) is 16.9 Å². The van der Waals surface area contributed by atoms with Gasteiger partial charge in [0.1, 0.15) is 5.75 Å². The number of esters is 1. The minimum absolute atomic E-state index is 0.0549. The lowest BCUT2D eigenvalue weighted by Crippen LogP contribution is -2.08. The lowest BCUT2D eigenvalue weighted by molar-refractivity contribution is 0.0734. The summed E-state index contributed by atoms with van der Waals surface area (Å²) in [7, 11) is 0. The van der Waals surface area contributed by atoms with Crippen molar-refractivity contribution < 1.29 is 14.3 Å². The number of ether oxygens (including phenoxy) is 1. The van der Waals surface area contributed by atoms with Crippen LogP contribution in [0.15, 0.2) is 83.3 Å². The lowest BCUT2D eigenvalue weighted by atomic mass is 10.1. The zero-order valence-corrected chi connectivity index (χ0v) is 16.3. The Bertz CT molecular complexity index is 970. The monoisotopic (exact) mass is 420 g/mol. The Hall–Kier alpha value is -2.98. The fourth-order valence-electron chi connectivity index (χ4n) is 2.38. The second kappa shape index (κ2) is 8.60. The van der Waals surface area contributed by atoms with E-state index in [2.05, 4.69) is 15.9 Å². The second-order valence-corrected chi connectivity index (χ2v) is 6.94. The number of aryl methyl sites for hydroxylation is 1. The summed E-state index contributed by atoms with van der Waals surface area (Å²) >= 11 is 3.33. The quantitative estimate of drug-likeness (QED) is 0.224. The zero-order valence-electron chi connectivity index (χ0n) is 14.7. The van der Waals surface area contributed by atoms with Crippen molar-refractivity contribution in [1.82, 2.24) is 0 Å². The van der Waals surface area contributed by atoms with Crippen molar-refractivity contribution in [3.05, 3.63) is 106 Å². The van der Waals surface area contributed by atoms with Gasteiger partial charge in [-0.25, -0.2) is 4.79 Å². The summed E-state index contributed by atoms with van der Waals surface area (Å²) in [6.07, 6.45) is 3.27. The predicted octanol–water partition coefficient (Wildman–Crippen LogP) is 5.87. The Morgan fingerprint density at radius 3 is 2.04 bits per heavy atom. The van der Waals surface area contributed by atoms with Gasteiger partial charge in [0, 0.05) is 10.0 Å². The van der Waals surface area contributed by atoms with Crippen LogP contribution in [0.5, 0.6) is 5.75 Å². The molecule has 0 unspecified atom stereocenters. The highest BCUT2D eigenvalue weighted by molar-refractivity contribution is 9.10. The Morgan fingerprint density at radius 1 is 0.815 bits per heavy atom. The molecule has 0 saturated carbocycles. The van der Waals surface area contributed by atoms with Gasteiger partial charge in [0.25, 0.3) is 0 Å². The number of rotatable bonds is 5. The first kappa shape index (κ1) is 18.8. The van der Waals surface area contributed by atoms with E-state index >= 15 is 0 Å². The first-order valence-electron chi connectivity index (χ1n) is 8.38. The molecule has 0 radical (unpaired) electrons. The SMILES string of the molecule is Cc1ccc(C(=O)/C=C/c2ccc(OC(=O)c3ccc(Br)cc3)cc2)cc1. The standard InChI is InChI=1S/C23H17BrO3/c1-16-2-7-18(8-3-16)22(25)15-6-17-4-13-21(14-5-17)27-23(26)19-9-11-20(24)12-10-19/h2-15H,1H3/b15-6+. The largest absolute Gasteiger partial charge is 0.423 e. The number of carbonyl (C=O) groups excluding carboxylic acids is 2. The third-order valence-electron chi connectivity index (χ3n) is 3.93. The van der Waals surface area contributed by atoms with E-state index in [-0.39, 0.29) is 5.78 Å². The number of hydrogen-bond donors (Lipinski definition) is 0. The van der Waals surface area contributed by atoms with Gasteiger partial charge in [-0.2, -0.15) is 0 Å². The molecular weight excluding hydrogens is 404 g/mol. The molecule has 0 aliphatic rings. The molecule has 0 saturated heterocycles. The molecule has 3 nitrogen and oxygen atoms in total. The lowest BCUT2D eigenvalue weighted by Gasteiger charge is -2.05. The van der Waals surface area contributed by atoms with Gasteiger partial charge in [0.05, 0.1) is 5.56 Å². The fourth-order valence-corrected chi connectivity index (χ4v) is 2.65. The summed E-state index contributed by atoms with van der Waals surface area (Å²) in [4.78, 5) is 24.3. The van der Waals surface area contributed by atoms with E-state index in [9.17, 15) is 9.59 Å². The Balaban J connectivity index is 1.62. The highest BCUT2D eigenvalue weighted by Gasteiger charge is 2.08. The molecule has 134 valence electrons. The predicted molar refractivity (Wildman–Crippen MR) is 110 cm³/mol. The van der Waals surface area contributed by atoms with Gasteiger partial charge in [0.15, 0.2) is 5.78 Å². The van der Waals surface area contributed by atoms with Gasteiger partial charge in [-0.3, -0.25) is 4.79 Å². The van der Waals surface area contributed by atoms with Crippen molar-refractivity contribution in [2.75, 3.05) is 0 Å². The molecule has 0 bridgehead atoms. The van der Waals surface area contributed by atoms with Crippen LogP contribution in [0.2, 0.25) is 0 Å². The molecule has 3 aromatic carbocycles. The molecule has 4 heteroatoms. The van der Waals surface area contributed by atoms with Crippen LogP contribution in [0.3, 0.4) is 0 Å². The molecule has 0 atom stereocenters. The van der Waals surface area contributed by atoms with E-state index in [0.717, 1.165) is 15.6 Å². The van der Waals surface area contributed by atoms with Crippen molar-refractivity contribution in [2.45, 2.75) is 6.92 Å². The number of ketones is 1. The average Bonchev–Trinajstić information content (AvgIpc) is 2.68. The first-order chi connectivity index (χ1) is 13.0. The summed E-state index contributed by atoms with van der Waals surface area (Å²) in [5, 5.41) is 0. The minimum Gasteiger partial charge on any atom is -0.423 e. The second-order valence-electron chi connectivity index (χ2n) is 6.03. The van der Waals surface area contributed by atoms with Crippen LogP contribution in [0.1, 0.15) is 31.8 Å². The molecule has 0 spiro atoms. The number of halogens is 1. The van der Waals surface area contributed by atoms with Crippen LogP contribution in [-0.4, -0.2) is 11.8 Å². The van der Waals surface area contributed by atoms with Crippen molar-refractivity contribution in [3.63, 3.8) is 0 Å². The molecular formula is C23H17BrO3. The molecule has 3 aromatic rings. The van der Waals surface area contributed by atoms with E-state index in [1.807, 2.05) is 31.2 Å². The molecule has 0 amide bonds. The summed E-state index contributed by atoms with van der Waals surface area (Å²) < 4.78 is 6.25. The van der Waals surface area contributed by atoms with Crippen molar-refractivity contribution in [1.29, 1.82) is 0 Å². The maximum absolute atomic E-state index is 12.2. The molecule has 0 aliphatic heterocycles. The van der Waals surface area contributed by atoms with Gasteiger partial charge in [-0.05, 0) is 55.0 Å². The van der Waals surface area contributed by atoms with Gasteiger partial charge in [0.2, 0.25) is 0 Å². The van der Waals surface area contributed by atoms with Crippen LogP contribution in [-0.2, 0) is 0 Å². The molecule has 0 fully saturated rings. The summed E-state index contributed by atoms with van der Waals surface area (Å²) in [6.45, 7) is 1.98. The van der Waals surface area contributed by atoms with Gasteiger partial charge in [-0.1, -0.05) is 64.0 Å². The minimum atomic E-state index is -0.416. The van der Waals surface area contributed by atoms with E-state index < -0.39 is 5.97 Å². The van der Waals surface area contributed by atoms with Crippen LogP contribution in [0, 0.1) is 6.92 Å². The Labute approximate surface area is 166 Å². The zero-order chi connectivity index (χ0) is 19.2. The number of benzene rings is 3. The van der Waals surface area contributed by atoms with Gasteiger partial charge >= 0.3 is 5.97 Å². The van der Waals surface area contributed by atoms with Crippen LogP contribution >= 0.6 is 15.9 Å². The maximum atomic E-state index is 12.2. The molecule has 0 N–H and O–H groups in total. The van der Waals surface area contributed by atoms with Gasteiger partial charge < -0.3 is 4.74 Å². The number of carbonyl (C=O) groups is 2. The highest BCUT2D eigenvalue weighted by Crippen LogP contribution is 2.17. The average molecular weight is 421 g/mol. The molecule has 27 heavy (non-hydrogen) atoms. The highest BCUT2D eigenvalue weighted by atomic mass is 79.9. The summed E-state index contributed by atoms with van der Waals surface area (Å²) in [5.41, 5.74) is 3.09. The third-order valence-corrected chi connectivity index (χ3v) is 4.46. The van der Waals surface area contributed by atoms with E-state index in [1.165, 1.54) is 6.08 Å². The van der Waals surface area contributed by atoms with Crippen LogP contribution in [0.4, 0.5) is 0 Å². The Morgan fingerprint density at radius 2 is 1.41 bits per heavy atom. The van der Waals surface area contributed by atoms with Crippen LogP contribution < -0.4 is 4.74 Å². The van der Waals surface area contributed by atoms with Crippen LogP contribution in [0.25, 0.3) is 6.08 Å².